The SMILES string of the molecule is N=C(N)C1Cc2cccc(I)c2C1. The molecule has 1 aromatic rings. The maximum Gasteiger partial charge on any atom is 0.0943 e. The number of amidine groups is 1. The van der Waals surface area contributed by atoms with Gasteiger partial charge in [0.05, 0.1) is 5.84 Å². The normalized spacial score (nSPS) is 19.9. The van der Waals surface area contributed by atoms with E-state index in [2.05, 4.69) is 40.8 Å². The third-order valence-electron chi connectivity index (χ3n) is 2.57. The van der Waals surface area contributed by atoms with Gasteiger partial charge in [0.25, 0.3) is 0 Å². The first-order chi connectivity index (χ1) is 6.18. The van der Waals surface area contributed by atoms with Gasteiger partial charge in [-0.15, -0.1) is 0 Å². The molecule has 0 aromatic heterocycles. The van der Waals surface area contributed by atoms with E-state index in [1.54, 1.807) is 0 Å². The summed E-state index contributed by atoms with van der Waals surface area (Å²) in [5.41, 5.74) is 8.27. The molecule has 68 valence electrons. The highest BCUT2D eigenvalue weighted by atomic mass is 127. The van der Waals surface area contributed by atoms with Crippen molar-refractivity contribution in [2.75, 3.05) is 0 Å². The van der Waals surface area contributed by atoms with Gasteiger partial charge in [0.2, 0.25) is 0 Å². The van der Waals surface area contributed by atoms with Gasteiger partial charge in [-0.1, -0.05) is 12.1 Å². The quantitative estimate of drug-likeness (QED) is 0.462. The molecule has 2 nitrogen and oxygen atoms in total. The Morgan fingerprint density at radius 1 is 1.46 bits per heavy atom. The molecular formula is C10H11IN2. The van der Waals surface area contributed by atoms with Crippen LogP contribution in [0.25, 0.3) is 0 Å². The highest BCUT2D eigenvalue weighted by Crippen LogP contribution is 2.29. The monoisotopic (exact) mass is 286 g/mol. The van der Waals surface area contributed by atoms with E-state index in [9.17, 15) is 0 Å². The highest BCUT2D eigenvalue weighted by molar-refractivity contribution is 14.1. The second-order valence-corrected chi connectivity index (χ2v) is 4.60. The van der Waals surface area contributed by atoms with Crippen LogP contribution in [0.15, 0.2) is 18.2 Å². The fraction of sp³-hybridized carbons (Fsp3) is 0.300. The van der Waals surface area contributed by atoms with Crippen molar-refractivity contribution in [3.05, 3.63) is 32.9 Å². The third-order valence-corrected chi connectivity index (χ3v) is 3.58. The van der Waals surface area contributed by atoms with Gasteiger partial charge in [-0.3, -0.25) is 5.41 Å². The predicted molar refractivity (Wildman–Crippen MR) is 62.0 cm³/mol. The first kappa shape index (κ1) is 8.99. The van der Waals surface area contributed by atoms with E-state index in [-0.39, 0.29) is 5.92 Å². The van der Waals surface area contributed by atoms with Gasteiger partial charge in [-0.25, -0.2) is 0 Å². The minimum absolute atomic E-state index is 0.242. The second-order valence-electron chi connectivity index (χ2n) is 3.44. The Morgan fingerprint density at radius 3 is 2.85 bits per heavy atom. The van der Waals surface area contributed by atoms with Crippen molar-refractivity contribution in [1.82, 2.24) is 0 Å². The average molecular weight is 286 g/mol. The van der Waals surface area contributed by atoms with E-state index in [0.717, 1.165) is 12.8 Å². The van der Waals surface area contributed by atoms with Crippen molar-refractivity contribution < 1.29 is 0 Å². The van der Waals surface area contributed by atoms with Crippen molar-refractivity contribution in [1.29, 1.82) is 5.41 Å². The van der Waals surface area contributed by atoms with Crippen LogP contribution in [-0.4, -0.2) is 5.84 Å². The van der Waals surface area contributed by atoms with Gasteiger partial charge >= 0.3 is 0 Å². The van der Waals surface area contributed by atoms with Gasteiger partial charge in [-0.05, 0) is 52.6 Å². The lowest BCUT2D eigenvalue weighted by molar-refractivity contribution is 0.735. The zero-order valence-corrected chi connectivity index (χ0v) is 9.34. The molecule has 1 unspecified atom stereocenters. The van der Waals surface area contributed by atoms with Gasteiger partial charge < -0.3 is 5.73 Å². The van der Waals surface area contributed by atoms with Gasteiger partial charge in [-0.2, -0.15) is 0 Å². The summed E-state index contributed by atoms with van der Waals surface area (Å²) in [5.74, 6) is 0.568. The Balaban J connectivity index is 2.35. The summed E-state index contributed by atoms with van der Waals surface area (Å²) < 4.78 is 1.30. The zero-order chi connectivity index (χ0) is 9.42. The minimum Gasteiger partial charge on any atom is -0.387 e. The highest BCUT2D eigenvalue weighted by Gasteiger charge is 2.24. The molecule has 13 heavy (non-hydrogen) atoms. The molecule has 1 aliphatic rings. The van der Waals surface area contributed by atoms with Crippen molar-refractivity contribution >= 4 is 28.4 Å². The Kier molecular flexibility index (Phi) is 2.27. The molecule has 0 bridgehead atoms. The number of fused-ring (bicyclic) bond motifs is 1. The van der Waals surface area contributed by atoms with Gasteiger partial charge in [0.15, 0.2) is 0 Å². The van der Waals surface area contributed by atoms with Crippen LogP contribution < -0.4 is 5.73 Å². The minimum atomic E-state index is 0.242. The van der Waals surface area contributed by atoms with Crippen LogP contribution >= 0.6 is 22.6 Å². The molecule has 0 heterocycles. The summed E-state index contributed by atoms with van der Waals surface area (Å²) in [6.45, 7) is 0. The molecule has 0 fully saturated rings. The van der Waals surface area contributed by atoms with Gasteiger partial charge in [0.1, 0.15) is 0 Å². The van der Waals surface area contributed by atoms with Gasteiger partial charge in [0, 0.05) is 9.49 Å². The maximum atomic E-state index is 7.41. The first-order valence-corrected chi connectivity index (χ1v) is 5.36. The zero-order valence-electron chi connectivity index (χ0n) is 7.18. The van der Waals surface area contributed by atoms with Crippen LogP contribution in [0.4, 0.5) is 0 Å². The van der Waals surface area contributed by atoms with Crippen LogP contribution in [-0.2, 0) is 12.8 Å². The first-order valence-electron chi connectivity index (χ1n) is 4.28. The number of halogens is 1. The summed E-state index contributed by atoms with van der Waals surface area (Å²) in [4.78, 5) is 0. The van der Waals surface area contributed by atoms with Crippen molar-refractivity contribution in [2.45, 2.75) is 12.8 Å². The Morgan fingerprint density at radius 2 is 2.23 bits per heavy atom. The number of nitrogens with two attached hydrogens (primary N) is 1. The van der Waals surface area contributed by atoms with Crippen molar-refractivity contribution in [3.63, 3.8) is 0 Å². The standard InChI is InChI=1S/C10H11IN2/c11-9-3-1-2-6-4-7(10(12)13)5-8(6)9/h1-3,7H,4-5H2,(H3,12,13). The molecule has 3 heteroatoms. The lowest BCUT2D eigenvalue weighted by Crippen LogP contribution is -2.22. The fourth-order valence-corrected chi connectivity index (χ4v) is 2.60. The third kappa shape index (κ3) is 1.57. The molecule has 0 saturated heterocycles. The van der Waals surface area contributed by atoms with Crippen LogP contribution in [0.3, 0.4) is 0 Å². The molecule has 3 N–H and O–H groups in total. The number of nitrogens with one attached hydrogen (secondary N) is 1. The molecule has 0 aliphatic heterocycles. The number of hydrogen-bond acceptors (Lipinski definition) is 1. The van der Waals surface area contributed by atoms with Crippen LogP contribution in [0.1, 0.15) is 11.1 Å². The Labute approximate surface area is 91.2 Å². The second kappa shape index (κ2) is 3.29. The fourth-order valence-electron chi connectivity index (χ4n) is 1.83. The predicted octanol–water partition coefficient (Wildman–Crippen LogP) is 1.94. The smallest absolute Gasteiger partial charge is 0.0943 e. The molecule has 1 aliphatic carbocycles. The Hall–Kier alpha value is -0.580. The summed E-state index contributed by atoms with van der Waals surface area (Å²) in [5, 5.41) is 7.41. The summed E-state index contributed by atoms with van der Waals surface area (Å²) in [6, 6.07) is 6.32. The van der Waals surface area contributed by atoms with Crippen LogP contribution in [0.5, 0.6) is 0 Å². The van der Waals surface area contributed by atoms with E-state index < -0.39 is 0 Å². The van der Waals surface area contributed by atoms with Crippen LogP contribution in [0.2, 0.25) is 0 Å². The Bertz CT molecular complexity index is 360. The van der Waals surface area contributed by atoms with Crippen molar-refractivity contribution in [3.8, 4) is 0 Å². The molecule has 0 spiro atoms. The number of hydrogen-bond donors (Lipinski definition) is 2. The summed E-state index contributed by atoms with van der Waals surface area (Å²) in [6.07, 6.45) is 1.89. The van der Waals surface area contributed by atoms with Crippen LogP contribution in [0, 0.1) is 14.9 Å². The summed E-state index contributed by atoms with van der Waals surface area (Å²) in [7, 11) is 0. The molecular weight excluding hydrogens is 275 g/mol. The molecule has 1 atom stereocenters. The molecule has 0 radical (unpaired) electrons. The molecule has 1 aromatic carbocycles. The molecule has 0 saturated carbocycles. The topological polar surface area (TPSA) is 49.9 Å². The molecule has 0 amide bonds. The molecule has 2 rings (SSSR count). The van der Waals surface area contributed by atoms with E-state index in [1.165, 1.54) is 14.7 Å². The van der Waals surface area contributed by atoms with E-state index in [1.807, 2.05) is 0 Å². The lowest BCUT2D eigenvalue weighted by atomic mass is 10.1. The van der Waals surface area contributed by atoms with E-state index in [0.29, 0.717) is 5.84 Å². The van der Waals surface area contributed by atoms with Crippen molar-refractivity contribution in [2.24, 2.45) is 11.7 Å². The maximum absolute atomic E-state index is 7.41. The lowest BCUT2D eigenvalue weighted by Gasteiger charge is -2.04. The average Bonchev–Trinajstić information content (AvgIpc) is 2.49. The van der Waals surface area contributed by atoms with E-state index in [4.69, 9.17) is 11.1 Å². The largest absolute Gasteiger partial charge is 0.387 e. The number of benzene rings is 1. The van der Waals surface area contributed by atoms with E-state index >= 15 is 0 Å². The summed E-state index contributed by atoms with van der Waals surface area (Å²) >= 11 is 2.35. The number of rotatable bonds is 1.